The first-order valence-electron chi connectivity index (χ1n) is 6.14. The van der Waals surface area contributed by atoms with Gasteiger partial charge < -0.3 is 10.7 Å². The standard InChI is InChI=1S/C14H16N4/c15-6-5-14-11(9-16-18-14)8-12-7-10-3-1-2-4-13(10)17-12/h1-4,7,9,17H,5-6,8,15H2,(H,16,18). The minimum atomic E-state index is 0.641. The van der Waals surface area contributed by atoms with Gasteiger partial charge in [-0.3, -0.25) is 5.10 Å². The molecule has 1 aromatic carbocycles. The molecule has 4 nitrogen and oxygen atoms in total. The van der Waals surface area contributed by atoms with E-state index < -0.39 is 0 Å². The molecule has 0 saturated carbocycles. The van der Waals surface area contributed by atoms with Gasteiger partial charge in [-0.2, -0.15) is 5.10 Å². The van der Waals surface area contributed by atoms with Crippen LogP contribution in [0.2, 0.25) is 0 Å². The minimum Gasteiger partial charge on any atom is -0.358 e. The average Bonchev–Trinajstić information content (AvgIpc) is 2.97. The fourth-order valence-corrected chi connectivity index (χ4v) is 2.28. The Morgan fingerprint density at radius 2 is 2.11 bits per heavy atom. The number of aromatic nitrogens is 3. The van der Waals surface area contributed by atoms with Crippen molar-refractivity contribution in [3.63, 3.8) is 0 Å². The van der Waals surface area contributed by atoms with Crippen molar-refractivity contribution < 1.29 is 0 Å². The van der Waals surface area contributed by atoms with E-state index in [9.17, 15) is 0 Å². The number of hydrogen-bond donors (Lipinski definition) is 3. The van der Waals surface area contributed by atoms with E-state index in [1.807, 2.05) is 12.3 Å². The quantitative estimate of drug-likeness (QED) is 0.652. The molecule has 0 spiro atoms. The zero-order valence-corrected chi connectivity index (χ0v) is 10.1. The monoisotopic (exact) mass is 240 g/mol. The summed E-state index contributed by atoms with van der Waals surface area (Å²) < 4.78 is 0. The van der Waals surface area contributed by atoms with Crippen molar-refractivity contribution in [3.05, 3.63) is 53.5 Å². The van der Waals surface area contributed by atoms with E-state index in [1.165, 1.54) is 22.2 Å². The first kappa shape index (κ1) is 11.0. The van der Waals surface area contributed by atoms with Gasteiger partial charge in [-0.15, -0.1) is 0 Å². The van der Waals surface area contributed by atoms with E-state index in [4.69, 9.17) is 5.73 Å². The van der Waals surface area contributed by atoms with Crippen LogP contribution < -0.4 is 5.73 Å². The maximum absolute atomic E-state index is 5.59. The molecule has 0 atom stereocenters. The zero-order chi connectivity index (χ0) is 12.4. The lowest BCUT2D eigenvalue weighted by atomic mass is 10.1. The van der Waals surface area contributed by atoms with Gasteiger partial charge in [0.1, 0.15) is 0 Å². The summed E-state index contributed by atoms with van der Waals surface area (Å²) in [4.78, 5) is 3.43. The van der Waals surface area contributed by atoms with Crippen molar-refractivity contribution >= 4 is 10.9 Å². The molecule has 18 heavy (non-hydrogen) atoms. The third kappa shape index (κ3) is 2.02. The Morgan fingerprint density at radius 1 is 1.22 bits per heavy atom. The normalized spacial score (nSPS) is 11.2. The van der Waals surface area contributed by atoms with Gasteiger partial charge in [-0.05, 0) is 29.6 Å². The van der Waals surface area contributed by atoms with Crippen LogP contribution in [-0.2, 0) is 12.8 Å². The summed E-state index contributed by atoms with van der Waals surface area (Å²) in [5, 5.41) is 8.36. The van der Waals surface area contributed by atoms with Crippen molar-refractivity contribution in [1.82, 2.24) is 15.2 Å². The third-order valence-corrected chi connectivity index (χ3v) is 3.17. The largest absolute Gasteiger partial charge is 0.358 e. The molecular formula is C14H16N4. The number of H-pyrrole nitrogens is 2. The number of nitrogens with zero attached hydrogens (tertiary/aromatic N) is 1. The predicted octanol–water partition coefficient (Wildman–Crippen LogP) is 1.98. The molecule has 2 heterocycles. The molecule has 0 aliphatic carbocycles. The number of nitrogens with two attached hydrogens (primary N) is 1. The van der Waals surface area contributed by atoms with Crippen molar-refractivity contribution in [3.8, 4) is 0 Å². The topological polar surface area (TPSA) is 70.5 Å². The summed E-state index contributed by atoms with van der Waals surface area (Å²) in [7, 11) is 0. The third-order valence-electron chi connectivity index (χ3n) is 3.17. The molecule has 3 aromatic rings. The van der Waals surface area contributed by atoms with Gasteiger partial charge in [0.15, 0.2) is 0 Å². The van der Waals surface area contributed by atoms with Crippen molar-refractivity contribution in [2.24, 2.45) is 5.73 Å². The van der Waals surface area contributed by atoms with E-state index in [-0.39, 0.29) is 0 Å². The molecule has 0 unspecified atom stereocenters. The summed E-state index contributed by atoms with van der Waals surface area (Å²) in [6.07, 6.45) is 3.59. The van der Waals surface area contributed by atoms with Gasteiger partial charge in [-0.1, -0.05) is 18.2 Å². The van der Waals surface area contributed by atoms with Crippen LogP contribution in [-0.4, -0.2) is 21.7 Å². The van der Waals surface area contributed by atoms with Gasteiger partial charge in [0.25, 0.3) is 0 Å². The number of fused-ring (bicyclic) bond motifs is 1. The summed E-state index contributed by atoms with van der Waals surface area (Å²) in [5.74, 6) is 0. The molecule has 4 heteroatoms. The second kappa shape index (κ2) is 4.66. The highest BCUT2D eigenvalue weighted by Crippen LogP contribution is 2.18. The summed E-state index contributed by atoms with van der Waals surface area (Å²) in [5.41, 5.74) is 10.3. The lowest BCUT2D eigenvalue weighted by molar-refractivity contribution is 0.888. The Hall–Kier alpha value is -2.07. The zero-order valence-electron chi connectivity index (χ0n) is 10.1. The van der Waals surface area contributed by atoms with Gasteiger partial charge >= 0.3 is 0 Å². The highest BCUT2D eigenvalue weighted by molar-refractivity contribution is 5.80. The minimum absolute atomic E-state index is 0.641. The van der Waals surface area contributed by atoms with Crippen molar-refractivity contribution in [2.75, 3.05) is 6.54 Å². The first-order chi connectivity index (χ1) is 8.86. The van der Waals surface area contributed by atoms with Crippen molar-refractivity contribution in [2.45, 2.75) is 12.8 Å². The van der Waals surface area contributed by atoms with Crippen LogP contribution in [0, 0.1) is 0 Å². The van der Waals surface area contributed by atoms with Crippen LogP contribution >= 0.6 is 0 Å². The van der Waals surface area contributed by atoms with Crippen LogP contribution in [0.5, 0.6) is 0 Å². The van der Waals surface area contributed by atoms with Gasteiger partial charge in [-0.25, -0.2) is 0 Å². The van der Waals surface area contributed by atoms with Gasteiger partial charge in [0.05, 0.1) is 6.20 Å². The highest BCUT2D eigenvalue weighted by atomic mass is 15.1. The maximum Gasteiger partial charge on any atom is 0.0526 e. The second-order valence-electron chi connectivity index (χ2n) is 4.47. The summed E-state index contributed by atoms with van der Waals surface area (Å²) in [6.45, 7) is 0.641. The molecule has 2 aromatic heterocycles. The maximum atomic E-state index is 5.59. The number of rotatable bonds is 4. The van der Waals surface area contributed by atoms with E-state index in [0.29, 0.717) is 6.54 Å². The highest BCUT2D eigenvalue weighted by Gasteiger charge is 2.07. The van der Waals surface area contributed by atoms with Gasteiger partial charge in [0.2, 0.25) is 0 Å². The lowest BCUT2D eigenvalue weighted by Gasteiger charge is -1.99. The average molecular weight is 240 g/mol. The Bertz CT molecular complexity index is 617. The Kier molecular flexibility index (Phi) is 2.86. The molecule has 0 aliphatic heterocycles. The number of nitrogens with one attached hydrogen (secondary N) is 2. The fourth-order valence-electron chi connectivity index (χ4n) is 2.28. The van der Waals surface area contributed by atoms with E-state index in [2.05, 4.69) is 39.4 Å². The van der Waals surface area contributed by atoms with Crippen molar-refractivity contribution in [1.29, 1.82) is 0 Å². The fraction of sp³-hybridized carbons (Fsp3) is 0.214. The Morgan fingerprint density at radius 3 is 2.94 bits per heavy atom. The number of para-hydroxylation sites is 1. The summed E-state index contributed by atoms with van der Waals surface area (Å²) in [6, 6.07) is 10.5. The summed E-state index contributed by atoms with van der Waals surface area (Å²) >= 11 is 0. The molecule has 0 bridgehead atoms. The number of benzene rings is 1. The van der Waals surface area contributed by atoms with Crippen LogP contribution in [0.4, 0.5) is 0 Å². The second-order valence-corrected chi connectivity index (χ2v) is 4.47. The van der Waals surface area contributed by atoms with E-state index >= 15 is 0 Å². The molecule has 92 valence electrons. The molecule has 0 aliphatic rings. The first-order valence-corrected chi connectivity index (χ1v) is 6.14. The van der Waals surface area contributed by atoms with Crippen LogP contribution in [0.1, 0.15) is 17.0 Å². The SMILES string of the molecule is NCCc1[nH]ncc1Cc1cc2ccccc2[nH]1. The van der Waals surface area contributed by atoms with Crippen LogP contribution in [0.25, 0.3) is 10.9 Å². The molecule has 0 fully saturated rings. The molecule has 0 saturated heterocycles. The molecule has 4 N–H and O–H groups in total. The van der Waals surface area contributed by atoms with E-state index in [1.54, 1.807) is 0 Å². The predicted molar refractivity (Wildman–Crippen MR) is 72.5 cm³/mol. The van der Waals surface area contributed by atoms with Crippen LogP contribution in [0.3, 0.4) is 0 Å². The molecule has 0 radical (unpaired) electrons. The molecular weight excluding hydrogens is 224 g/mol. The Labute approximate surface area is 105 Å². The van der Waals surface area contributed by atoms with E-state index in [0.717, 1.165) is 18.5 Å². The number of hydrogen-bond acceptors (Lipinski definition) is 2. The van der Waals surface area contributed by atoms with Crippen LogP contribution in [0.15, 0.2) is 36.5 Å². The molecule has 0 amide bonds. The smallest absolute Gasteiger partial charge is 0.0526 e. The molecule has 3 rings (SSSR count). The Balaban J connectivity index is 1.89. The number of aromatic amines is 2. The van der Waals surface area contributed by atoms with Gasteiger partial charge in [0, 0.05) is 29.7 Å². The lowest BCUT2D eigenvalue weighted by Crippen LogP contribution is -2.05.